The highest BCUT2D eigenvalue weighted by Crippen LogP contribution is 2.46. The summed E-state index contributed by atoms with van der Waals surface area (Å²) in [4.78, 5) is 41.2. The van der Waals surface area contributed by atoms with Crippen molar-refractivity contribution in [3.8, 4) is 6.01 Å². The van der Waals surface area contributed by atoms with Gasteiger partial charge in [0.1, 0.15) is 11.2 Å². The number of piperazine rings is 1. The molecule has 1 aliphatic carbocycles. The molecular formula is C27H40ClN5O6. The summed E-state index contributed by atoms with van der Waals surface area (Å²) in [6.07, 6.45) is 3.56. The van der Waals surface area contributed by atoms with E-state index < -0.39 is 11.6 Å². The second-order valence-corrected chi connectivity index (χ2v) is 12.4. The monoisotopic (exact) mass is 565 g/mol. The summed E-state index contributed by atoms with van der Waals surface area (Å²) < 4.78 is 22.6. The number of nitrogens with zero attached hydrogens (tertiary/aromatic N) is 5. The number of morpholine rings is 1. The van der Waals surface area contributed by atoms with Crippen molar-refractivity contribution in [3.63, 3.8) is 0 Å². The topological polar surface area (TPSA) is 107 Å². The predicted molar refractivity (Wildman–Crippen MR) is 145 cm³/mol. The van der Waals surface area contributed by atoms with Gasteiger partial charge in [0.15, 0.2) is 11.0 Å². The van der Waals surface area contributed by atoms with E-state index in [0.29, 0.717) is 25.5 Å². The first kappa shape index (κ1) is 28.2. The maximum absolute atomic E-state index is 12.9. The van der Waals surface area contributed by atoms with Crippen LogP contribution in [0.1, 0.15) is 63.7 Å². The third-order valence-corrected chi connectivity index (χ3v) is 8.09. The molecule has 2 unspecified atom stereocenters. The minimum atomic E-state index is -0.572. The number of esters is 1. The Labute approximate surface area is 235 Å². The highest BCUT2D eigenvalue weighted by atomic mass is 35.5. The van der Waals surface area contributed by atoms with Gasteiger partial charge in [0, 0.05) is 38.1 Å². The lowest BCUT2D eigenvalue weighted by atomic mass is 10.1. The van der Waals surface area contributed by atoms with Gasteiger partial charge in [-0.05, 0) is 53.4 Å². The molecule has 4 heterocycles. The zero-order chi connectivity index (χ0) is 27.8. The van der Waals surface area contributed by atoms with Gasteiger partial charge in [0.05, 0.1) is 38.5 Å². The van der Waals surface area contributed by atoms with Gasteiger partial charge in [-0.2, -0.15) is 9.97 Å². The Hall–Kier alpha value is -2.37. The number of hydrogen-bond acceptors (Lipinski definition) is 10. The Morgan fingerprint density at radius 1 is 1.10 bits per heavy atom. The number of anilines is 1. The number of rotatable bonds is 8. The molecule has 0 spiro atoms. The lowest BCUT2D eigenvalue weighted by molar-refractivity contribution is 0.0121. The maximum atomic E-state index is 12.9. The molecule has 216 valence electrons. The predicted octanol–water partition coefficient (Wildman–Crippen LogP) is 3.39. The van der Waals surface area contributed by atoms with E-state index in [-0.39, 0.29) is 46.9 Å². The average Bonchev–Trinajstić information content (AvgIpc) is 3.58. The van der Waals surface area contributed by atoms with E-state index in [0.717, 1.165) is 58.5 Å². The average molecular weight is 566 g/mol. The second-order valence-electron chi connectivity index (χ2n) is 12.1. The molecule has 0 N–H and O–H groups in total. The molecule has 0 radical (unpaired) electrons. The zero-order valence-corrected chi connectivity index (χ0v) is 24.2. The molecule has 3 saturated heterocycles. The number of carbonyl (C=O) groups excluding carboxylic acids is 2. The molecule has 1 aromatic heterocycles. The molecule has 4 aliphatic rings. The normalized spacial score (nSPS) is 24.4. The largest absolute Gasteiger partial charge is 0.463 e. The van der Waals surface area contributed by atoms with E-state index in [1.165, 1.54) is 0 Å². The molecule has 1 amide bonds. The third kappa shape index (κ3) is 6.52. The van der Waals surface area contributed by atoms with Crippen LogP contribution in [0.5, 0.6) is 6.01 Å². The fraction of sp³-hybridized carbons (Fsp3) is 0.778. The van der Waals surface area contributed by atoms with Crippen molar-refractivity contribution >= 4 is 29.5 Å². The summed E-state index contributed by atoms with van der Waals surface area (Å²) >= 11 is 6.58. The Morgan fingerprint density at radius 3 is 2.36 bits per heavy atom. The Balaban J connectivity index is 1.34. The van der Waals surface area contributed by atoms with E-state index in [1.807, 2.05) is 30.6 Å². The second kappa shape index (κ2) is 11.2. The fourth-order valence-corrected chi connectivity index (χ4v) is 5.97. The van der Waals surface area contributed by atoms with Gasteiger partial charge >= 0.3 is 18.1 Å². The lowest BCUT2D eigenvalue weighted by Gasteiger charge is -2.42. The zero-order valence-electron chi connectivity index (χ0n) is 23.4. The number of aromatic nitrogens is 2. The van der Waals surface area contributed by atoms with Crippen molar-refractivity contribution in [2.24, 2.45) is 5.41 Å². The molecular weight excluding hydrogens is 526 g/mol. The molecule has 11 nitrogen and oxygen atoms in total. The standard InChI is InChI=1S/C27H40ClN5O6/c1-5-37-23(34)20-21(28)29-24(38-17-27(8-9-27)16-31-10-12-36-13-11-31)30-22(20)32-14-18-6-7-19(15-32)33(18)25(35)39-26(2,3)4/h18-19H,5-17H2,1-4H3. The van der Waals surface area contributed by atoms with Crippen LogP contribution in [-0.2, 0) is 14.2 Å². The van der Waals surface area contributed by atoms with Crippen molar-refractivity contribution in [2.75, 3.05) is 64.1 Å². The molecule has 4 fully saturated rings. The van der Waals surface area contributed by atoms with Crippen LogP contribution >= 0.6 is 11.6 Å². The van der Waals surface area contributed by atoms with Crippen molar-refractivity contribution in [3.05, 3.63) is 10.7 Å². The Kier molecular flexibility index (Phi) is 8.13. The number of fused-ring (bicyclic) bond motifs is 2. The highest BCUT2D eigenvalue weighted by Gasteiger charge is 2.47. The minimum Gasteiger partial charge on any atom is -0.463 e. The Morgan fingerprint density at radius 2 is 1.77 bits per heavy atom. The lowest BCUT2D eigenvalue weighted by Crippen LogP contribution is -2.57. The first-order valence-corrected chi connectivity index (χ1v) is 14.4. The maximum Gasteiger partial charge on any atom is 0.410 e. The minimum absolute atomic E-state index is 0.00777. The van der Waals surface area contributed by atoms with E-state index in [4.69, 9.17) is 35.5 Å². The summed E-state index contributed by atoms with van der Waals surface area (Å²) in [5.74, 6) is -0.181. The van der Waals surface area contributed by atoms with Crippen LogP contribution in [0.4, 0.5) is 10.6 Å². The molecule has 2 bridgehead atoms. The molecule has 5 rings (SSSR count). The molecule has 3 aliphatic heterocycles. The van der Waals surface area contributed by atoms with Crippen LogP contribution in [0.2, 0.25) is 5.15 Å². The summed E-state index contributed by atoms with van der Waals surface area (Å²) in [5, 5.41) is 0.00777. The van der Waals surface area contributed by atoms with Gasteiger partial charge in [0.25, 0.3) is 0 Å². The van der Waals surface area contributed by atoms with Gasteiger partial charge in [-0.1, -0.05) is 11.6 Å². The van der Waals surface area contributed by atoms with Gasteiger partial charge in [-0.25, -0.2) is 9.59 Å². The third-order valence-electron chi connectivity index (χ3n) is 7.82. The fourth-order valence-electron chi connectivity index (χ4n) is 5.74. The number of hydrogen-bond donors (Lipinski definition) is 0. The van der Waals surface area contributed by atoms with Crippen LogP contribution in [0.15, 0.2) is 0 Å². The number of ether oxygens (including phenoxy) is 4. The number of amides is 1. The molecule has 12 heteroatoms. The molecule has 1 aromatic rings. The van der Waals surface area contributed by atoms with Crippen molar-refractivity contribution in [2.45, 2.75) is 71.1 Å². The summed E-state index contributed by atoms with van der Waals surface area (Å²) in [6, 6.07) is 0.0308. The van der Waals surface area contributed by atoms with E-state index in [1.54, 1.807) is 6.92 Å². The summed E-state index contributed by atoms with van der Waals surface area (Å²) in [7, 11) is 0. The SMILES string of the molecule is CCOC(=O)c1c(Cl)nc(OCC2(CN3CCOCC3)CC2)nc1N1CC2CCC(C1)N2C(=O)OC(C)(C)C. The highest BCUT2D eigenvalue weighted by molar-refractivity contribution is 6.33. The van der Waals surface area contributed by atoms with E-state index >= 15 is 0 Å². The van der Waals surface area contributed by atoms with Crippen LogP contribution in [0, 0.1) is 5.41 Å². The van der Waals surface area contributed by atoms with Crippen LogP contribution in [0.25, 0.3) is 0 Å². The van der Waals surface area contributed by atoms with Gasteiger partial charge in [-0.3, -0.25) is 9.80 Å². The quantitative estimate of drug-likeness (QED) is 0.344. The van der Waals surface area contributed by atoms with Gasteiger partial charge < -0.3 is 23.8 Å². The van der Waals surface area contributed by atoms with Crippen LogP contribution in [0.3, 0.4) is 0 Å². The van der Waals surface area contributed by atoms with Gasteiger partial charge in [-0.15, -0.1) is 0 Å². The van der Waals surface area contributed by atoms with Gasteiger partial charge in [0.2, 0.25) is 0 Å². The van der Waals surface area contributed by atoms with Crippen molar-refractivity contribution in [1.29, 1.82) is 0 Å². The summed E-state index contributed by atoms with van der Waals surface area (Å²) in [6.45, 7) is 13.4. The van der Waals surface area contributed by atoms with Crippen LogP contribution in [-0.4, -0.2) is 109 Å². The summed E-state index contributed by atoms with van der Waals surface area (Å²) in [5.41, 5.74) is -0.367. The Bertz CT molecular complexity index is 1060. The molecule has 2 atom stereocenters. The van der Waals surface area contributed by atoms with E-state index in [9.17, 15) is 9.59 Å². The van der Waals surface area contributed by atoms with Crippen molar-refractivity contribution in [1.82, 2.24) is 19.8 Å². The first-order chi connectivity index (χ1) is 18.6. The van der Waals surface area contributed by atoms with Crippen molar-refractivity contribution < 1.29 is 28.5 Å². The smallest absolute Gasteiger partial charge is 0.410 e. The molecule has 39 heavy (non-hydrogen) atoms. The van der Waals surface area contributed by atoms with E-state index in [2.05, 4.69) is 9.88 Å². The molecule has 1 saturated carbocycles. The first-order valence-electron chi connectivity index (χ1n) is 14.0. The number of carbonyl (C=O) groups is 2. The van der Waals surface area contributed by atoms with Crippen LogP contribution < -0.4 is 9.64 Å². The number of halogens is 1. The molecule has 0 aromatic carbocycles.